The van der Waals surface area contributed by atoms with E-state index >= 15 is 0 Å². The molecule has 0 aromatic heterocycles. The van der Waals surface area contributed by atoms with Gasteiger partial charge in [-0.15, -0.1) is 0 Å². The average Bonchev–Trinajstić information content (AvgIpc) is 2.91. The van der Waals surface area contributed by atoms with Crippen molar-refractivity contribution in [2.24, 2.45) is 22.7 Å². The number of rotatable bonds is 2. The molecule has 2 heteroatoms. The van der Waals surface area contributed by atoms with Gasteiger partial charge in [0.05, 0.1) is 7.11 Å². The molecule has 5 rings (SSSR count). The third kappa shape index (κ3) is 0.711. The van der Waals surface area contributed by atoms with Crippen LogP contribution in [0.3, 0.4) is 0 Å². The summed E-state index contributed by atoms with van der Waals surface area (Å²) < 4.78 is 5.57. The number of hydrogen-bond acceptors (Lipinski definition) is 2. The number of Topliss-reactive ketones (excluding diaryl/α,β-unsaturated/α-hetero) is 1. The van der Waals surface area contributed by atoms with Crippen LogP contribution in [-0.4, -0.2) is 12.9 Å². The number of methoxy groups -OCH3 is 1. The van der Waals surface area contributed by atoms with E-state index in [-0.39, 0.29) is 16.7 Å². The Bertz CT molecular complexity index is 513. The summed E-state index contributed by atoms with van der Waals surface area (Å²) in [5.41, 5.74) is 1.33. The molecule has 4 atom stereocenters. The highest BCUT2D eigenvalue weighted by Gasteiger charge is 2.87. The Balaban J connectivity index is 1.96. The average molecular weight is 228 g/mol. The van der Waals surface area contributed by atoms with Crippen molar-refractivity contribution in [1.82, 2.24) is 0 Å². The van der Waals surface area contributed by atoms with Crippen molar-refractivity contribution in [3.05, 3.63) is 36.1 Å². The number of ketones is 1. The molecule has 4 saturated carbocycles. The van der Waals surface area contributed by atoms with E-state index in [1.54, 1.807) is 7.11 Å². The third-order valence-electron chi connectivity index (χ3n) is 5.65. The lowest BCUT2D eigenvalue weighted by Crippen LogP contribution is -2.33. The number of carbonyl (C=O) groups excluding carboxylic acids is 1. The molecule has 17 heavy (non-hydrogen) atoms. The molecule has 5 aliphatic carbocycles. The highest BCUT2D eigenvalue weighted by molar-refractivity contribution is 5.96. The van der Waals surface area contributed by atoms with Crippen LogP contribution in [0.15, 0.2) is 36.1 Å². The zero-order valence-corrected chi connectivity index (χ0v) is 10.0. The predicted molar refractivity (Wildman–Crippen MR) is 64.1 cm³/mol. The van der Waals surface area contributed by atoms with E-state index in [2.05, 4.69) is 18.7 Å². The predicted octanol–water partition coefficient (Wildman–Crippen LogP) is 2.63. The molecule has 4 bridgehead atoms. The first-order valence-electron chi connectivity index (χ1n) is 6.35. The Labute approximate surface area is 101 Å². The van der Waals surface area contributed by atoms with Gasteiger partial charge in [-0.3, -0.25) is 4.79 Å². The Hall–Kier alpha value is -1.31. The van der Waals surface area contributed by atoms with Crippen molar-refractivity contribution in [2.75, 3.05) is 7.11 Å². The number of allylic oxidation sites excluding steroid dienone is 5. The molecular weight excluding hydrogens is 212 g/mol. The molecule has 2 spiro atoms. The van der Waals surface area contributed by atoms with E-state index in [0.717, 1.165) is 25.0 Å². The van der Waals surface area contributed by atoms with Gasteiger partial charge in [-0.1, -0.05) is 18.7 Å². The number of fused-ring (bicyclic) bond motifs is 1. The fourth-order valence-corrected chi connectivity index (χ4v) is 5.12. The fourth-order valence-electron chi connectivity index (χ4n) is 5.12. The van der Waals surface area contributed by atoms with Crippen LogP contribution in [0.1, 0.15) is 19.3 Å². The van der Waals surface area contributed by atoms with Crippen molar-refractivity contribution < 1.29 is 9.53 Å². The number of carbonyl (C=O) groups is 1. The fraction of sp³-hybridized carbons (Fsp3) is 0.533. The van der Waals surface area contributed by atoms with Gasteiger partial charge in [-0.25, -0.2) is 0 Å². The SMILES string of the molecule is C=CC1=CC=C(OC)[C@]23C[C@@H]4CC[C@]12C3C4=O. The molecule has 0 N–H and O–H groups in total. The van der Waals surface area contributed by atoms with E-state index < -0.39 is 0 Å². The van der Waals surface area contributed by atoms with Crippen LogP contribution in [0.5, 0.6) is 0 Å². The first-order chi connectivity index (χ1) is 8.22. The van der Waals surface area contributed by atoms with Crippen LogP contribution in [0, 0.1) is 22.7 Å². The Morgan fingerprint density at radius 3 is 3.00 bits per heavy atom. The van der Waals surface area contributed by atoms with Gasteiger partial charge in [-0.2, -0.15) is 0 Å². The van der Waals surface area contributed by atoms with E-state index in [1.807, 2.05) is 6.08 Å². The first-order valence-corrected chi connectivity index (χ1v) is 6.35. The van der Waals surface area contributed by atoms with Gasteiger partial charge >= 0.3 is 0 Å². The molecule has 0 aliphatic heterocycles. The molecule has 0 aromatic carbocycles. The highest BCUT2D eigenvalue weighted by Crippen LogP contribution is 2.87. The van der Waals surface area contributed by atoms with Gasteiger partial charge in [0.2, 0.25) is 0 Å². The molecule has 2 nitrogen and oxygen atoms in total. The van der Waals surface area contributed by atoms with Crippen LogP contribution in [0.2, 0.25) is 0 Å². The van der Waals surface area contributed by atoms with E-state index in [9.17, 15) is 4.79 Å². The summed E-state index contributed by atoms with van der Waals surface area (Å²) in [4.78, 5) is 12.3. The molecule has 1 unspecified atom stereocenters. The van der Waals surface area contributed by atoms with Crippen LogP contribution >= 0.6 is 0 Å². The first kappa shape index (κ1) is 9.69. The third-order valence-corrected chi connectivity index (χ3v) is 5.65. The van der Waals surface area contributed by atoms with Crippen molar-refractivity contribution in [3.8, 4) is 0 Å². The summed E-state index contributed by atoms with van der Waals surface area (Å²) in [5, 5.41) is 0. The Kier molecular flexibility index (Phi) is 1.47. The summed E-state index contributed by atoms with van der Waals surface area (Å²) in [5.74, 6) is 1.99. The molecule has 0 aromatic rings. The molecule has 4 fully saturated rings. The maximum atomic E-state index is 12.3. The van der Waals surface area contributed by atoms with Gasteiger partial charge < -0.3 is 4.74 Å². The minimum atomic E-state index is 0.0139. The standard InChI is InChI=1S/C15H16O2/c1-3-10-4-5-11(17-2)15-8-9-6-7-14(10,15)13(15)12(9)16/h3-5,9,13H,1,6-8H2,2H3/t9-,13?,14+,15-/m0/s1. The minimum Gasteiger partial charge on any atom is -0.500 e. The molecular formula is C15H16O2. The van der Waals surface area contributed by atoms with Crippen molar-refractivity contribution in [1.29, 1.82) is 0 Å². The zero-order chi connectivity index (χ0) is 11.8. The number of ether oxygens (including phenoxy) is 1. The minimum absolute atomic E-state index is 0.0139. The van der Waals surface area contributed by atoms with E-state index in [0.29, 0.717) is 11.7 Å². The summed E-state index contributed by atoms with van der Waals surface area (Å²) in [7, 11) is 1.73. The highest BCUT2D eigenvalue weighted by atomic mass is 16.5. The number of hydrogen-bond donors (Lipinski definition) is 0. The lowest BCUT2D eigenvalue weighted by Gasteiger charge is -2.38. The lowest BCUT2D eigenvalue weighted by molar-refractivity contribution is -0.125. The van der Waals surface area contributed by atoms with Crippen molar-refractivity contribution in [3.63, 3.8) is 0 Å². The van der Waals surface area contributed by atoms with Gasteiger partial charge in [0.1, 0.15) is 11.5 Å². The van der Waals surface area contributed by atoms with Gasteiger partial charge in [0.25, 0.3) is 0 Å². The van der Waals surface area contributed by atoms with Gasteiger partial charge in [-0.05, 0) is 30.9 Å². The van der Waals surface area contributed by atoms with E-state index in [4.69, 9.17) is 4.74 Å². The maximum Gasteiger partial charge on any atom is 0.141 e. The second kappa shape index (κ2) is 2.58. The van der Waals surface area contributed by atoms with Gasteiger partial charge in [0, 0.05) is 22.7 Å². The van der Waals surface area contributed by atoms with Crippen LogP contribution in [0.25, 0.3) is 0 Å². The normalized spacial score (nSPS) is 49.1. The summed E-state index contributed by atoms with van der Waals surface area (Å²) in [6, 6.07) is 0. The molecule has 0 heterocycles. The van der Waals surface area contributed by atoms with Crippen molar-refractivity contribution >= 4 is 5.78 Å². The summed E-state index contributed by atoms with van der Waals surface area (Å²) in [6.45, 7) is 3.92. The zero-order valence-electron chi connectivity index (χ0n) is 10.0. The molecule has 88 valence electrons. The second-order valence-electron chi connectivity index (χ2n) is 5.78. The second-order valence-corrected chi connectivity index (χ2v) is 5.78. The molecule has 5 aliphatic rings. The van der Waals surface area contributed by atoms with Gasteiger partial charge in [0.15, 0.2) is 0 Å². The van der Waals surface area contributed by atoms with Crippen LogP contribution in [-0.2, 0) is 9.53 Å². The van der Waals surface area contributed by atoms with Crippen molar-refractivity contribution in [2.45, 2.75) is 19.3 Å². The maximum absolute atomic E-state index is 12.3. The summed E-state index contributed by atoms with van der Waals surface area (Å²) >= 11 is 0. The molecule has 0 radical (unpaired) electrons. The molecule has 0 amide bonds. The quantitative estimate of drug-likeness (QED) is 0.726. The van der Waals surface area contributed by atoms with Crippen LogP contribution < -0.4 is 0 Å². The Morgan fingerprint density at radius 1 is 1.47 bits per heavy atom. The topological polar surface area (TPSA) is 26.3 Å². The molecule has 0 saturated heterocycles. The Morgan fingerprint density at radius 2 is 2.29 bits per heavy atom. The smallest absolute Gasteiger partial charge is 0.141 e. The lowest BCUT2D eigenvalue weighted by atomic mass is 9.66. The monoisotopic (exact) mass is 228 g/mol. The largest absolute Gasteiger partial charge is 0.500 e. The van der Waals surface area contributed by atoms with Crippen LogP contribution in [0.4, 0.5) is 0 Å². The van der Waals surface area contributed by atoms with E-state index in [1.165, 1.54) is 5.57 Å². The summed E-state index contributed by atoms with van der Waals surface area (Å²) in [6.07, 6.45) is 9.28.